The van der Waals surface area contributed by atoms with Crippen molar-refractivity contribution < 1.29 is 9.59 Å². The number of hydrogen-bond donors (Lipinski definition) is 1. The van der Waals surface area contributed by atoms with Gasteiger partial charge in [0.1, 0.15) is 6.04 Å². The van der Waals surface area contributed by atoms with E-state index in [0.29, 0.717) is 12.5 Å². The number of urea groups is 1. The number of likely N-dealkylation sites (N-methyl/N-ethyl adjacent to an activating group) is 1. The lowest BCUT2D eigenvalue weighted by atomic mass is 9.99. The first kappa shape index (κ1) is 15.4. The van der Waals surface area contributed by atoms with Crippen molar-refractivity contribution in [1.82, 2.24) is 15.1 Å². The zero-order valence-corrected chi connectivity index (χ0v) is 12.9. The first-order valence-electron chi connectivity index (χ1n) is 7.30. The Hall–Kier alpha value is -2.04. The number of amides is 3. The number of hydrogen-bond acceptors (Lipinski definition) is 2. The van der Waals surface area contributed by atoms with Crippen LogP contribution in [0.15, 0.2) is 30.3 Å². The second-order valence-electron chi connectivity index (χ2n) is 5.75. The van der Waals surface area contributed by atoms with Crippen LogP contribution in [0.25, 0.3) is 0 Å². The van der Waals surface area contributed by atoms with Gasteiger partial charge in [0, 0.05) is 33.1 Å². The van der Waals surface area contributed by atoms with Gasteiger partial charge < -0.3 is 15.1 Å². The SMILES string of the molecule is C[C@H](NC(=O)N1CC[C@@H](c2ccccc2)C1)C(=O)N(C)C. The van der Waals surface area contributed by atoms with Crippen LogP contribution < -0.4 is 5.32 Å². The van der Waals surface area contributed by atoms with Gasteiger partial charge in [0.05, 0.1) is 0 Å². The van der Waals surface area contributed by atoms with Gasteiger partial charge in [-0.2, -0.15) is 0 Å². The van der Waals surface area contributed by atoms with E-state index >= 15 is 0 Å². The van der Waals surface area contributed by atoms with E-state index in [1.807, 2.05) is 18.2 Å². The van der Waals surface area contributed by atoms with Crippen molar-refractivity contribution in [1.29, 1.82) is 0 Å². The van der Waals surface area contributed by atoms with Gasteiger partial charge in [-0.3, -0.25) is 4.79 Å². The van der Waals surface area contributed by atoms with Crippen molar-refractivity contribution in [2.24, 2.45) is 0 Å². The van der Waals surface area contributed by atoms with Crippen LogP contribution in [-0.4, -0.2) is 55.0 Å². The number of nitrogens with one attached hydrogen (secondary N) is 1. The third-order valence-corrected chi connectivity index (χ3v) is 3.90. The third kappa shape index (κ3) is 3.74. The summed E-state index contributed by atoms with van der Waals surface area (Å²) in [4.78, 5) is 27.3. The molecule has 1 aliphatic heterocycles. The molecule has 1 aromatic carbocycles. The minimum absolute atomic E-state index is 0.0952. The van der Waals surface area contributed by atoms with Crippen molar-refractivity contribution in [3.63, 3.8) is 0 Å². The zero-order chi connectivity index (χ0) is 15.4. The quantitative estimate of drug-likeness (QED) is 0.920. The molecule has 1 aliphatic rings. The van der Waals surface area contributed by atoms with Gasteiger partial charge in [-0.25, -0.2) is 4.79 Å². The first-order chi connectivity index (χ1) is 9.99. The standard InChI is InChI=1S/C16H23N3O2/c1-12(15(20)18(2)3)17-16(21)19-10-9-14(11-19)13-7-5-4-6-8-13/h4-8,12,14H,9-11H2,1-3H3,(H,17,21)/t12-,14+/m0/s1. The highest BCUT2D eigenvalue weighted by Gasteiger charge is 2.28. The normalized spacial score (nSPS) is 19.2. The predicted molar refractivity (Wildman–Crippen MR) is 82.1 cm³/mol. The molecule has 0 unspecified atom stereocenters. The molecule has 2 rings (SSSR count). The average molecular weight is 289 g/mol. The molecule has 1 saturated heterocycles. The summed E-state index contributed by atoms with van der Waals surface area (Å²) in [6.07, 6.45) is 0.966. The third-order valence-electron chi connectivity index (χ3n) is 3.90. The van der Waals surface area contributed by atoms with Crippen molar-refractivity contribution in [3.05, 3.63) is 35.9 Å². The summed E-state index contributed by atoms with van der Waals surface area (Å²) < 4.78 is 0. The van der Waals surface area contributed by atoms with E-state index in [1.54, 1.807) is 25.9 Å². The minimum Gasteiger partial charge on any atom is -0.347 e. The Kier molecular flexibility index (Phi) is 4.83. The molecule has 0 aliphatic carbocycles. The highest BCUT2D eigenvalue weighted by molar-refractivity contribution is 5.86. The number of nitrogens with zero attached hydrogens (tertiary/aromatic N) is 2. The summed E-state index contributed by atoms with van der Waals surface area (Å²) in [6.45, 7) is 3.15. The Morgan fingerprint density at radius 2 is 1.95 bits per heavy atom. The van der Waals surface area contributed by atoms with Crippen LogP contribution in [0.4, 0.5) is 4.79 Å². The maximum Gasteiger partial charge on any atom is 0.318 e. The molecular formula is C16H23N3O2. The fourth-order valence-corrected chi connectivity index (χ4v) is 2.67. The molecule has 5 nitrogen and oxygen atoms in total. The van der Waals surface area contributed by atoms with E-state index in [1.165, 1.54) is 10.5 Å². The summed E-state index contributed by atoms with van der Waals surface area (Å²) in [5.74, 6) is 0.291. The van der Waals surface area contributed by atoms with Crippen molar-refractivity contribution in [2.45, 2.75) is 25.3 Å². The predicted octanol–water partition coefficient (Wildman–Crippen LogP) is 1.66. The van der Waals surface area contributed by atoms with E-state index < -0.39 is 6.04 Å². The van der Waals surface area contributed by atoms with Gasteiger partial charge >= 0.3 is 6.03 Å². The lowest BCUT2D eigenvalue weighted by Gasteiger charge is -2.22. The first-order valence-corrected chi connectivity index (χ1v) is 7.30. The number of likely N-dealkylation sites (tertiary alicyclic amines) is 1. The lowest BCUT2D eigenvalue weighted by molar-refractivity contribution is -0.130. The van der Waals surface area contributed by atoms with Crippen LogP contribution in [0.5, 0.6) is 0 Å². The number of benzene rings is 1. The minimum atomic E-state index is -0.497. The summed E-state index contributed by atoms with van der Waals surface area (Å²) in [5.41, 5.74) is 1.27. The molecule has 2 atom stereocenters. The van der Waals surface area contributed by atoms with Gasteiger partial charge in [-0.05, 0) is 18.9 Å². The number of rotatable bonds is 3. The van der Waals surface area contributed by atoms with E-state index in [2.05, 4.69) is 17.4 Å². The molecule has 0 aromatic heterocycles. The maximum absolute atomic E-state index is 12.2. The smallest absolute Gasteiger partial charge is 0.318 e. The molecule has 1 fully saturated rings. The van der Waals surface area contributed by atoms with Crippen molar-refractivity contribution in [2.75, 3.05) is 27.2 Å². The molecule has 0 radical (unpaired) electrons. The maximum atomic E-state index is 12.2. The van der Waals surface area contributed by atoms with Crippen LogP contribution >= 0.6 is 0 Å². The van der Waals surface area contributed by atoms with Crippen LogP contribution in [0.2, 0.25) is 0 Å². The topological polar surface area (TPSA) is 52.7 Å². The molecular weight excluding hydrogens is 266 g/mol. The van der Waals surface area contributed by atoms with Gasteiger partial charge in [0.25, 0.3) is 0 Å². The van der Waals surface area contributed by atoms with E-state index in [9.17, 15) is 9.59 Å². The lowest BCUT2D eigenvalue weighted by Crippen LogP contribution is -2.48. The van der Waals surface area contributed by atoms with Gasteiger partial charge in [-0.1, -0.05) is 30.3 Å². The highest BCUT2D eigenvalue weighted by atomic mass is 16.2. The van der Waals surface area contributed by atoms with E-state index in [-0.39, 0.29) is 11.9 Å². The summed E-state index contributed by atoms with van der Waals surface area (Å²) >= 11 is 0. The Bertz CT molecular complexity index is 502. The largest absolute Gasteiger partial charge is 0.347 e. The molecule has 1 aromatic rings. The van der Waals surface area contributed by atoms with Crippen LogP contribution in [-0.2, 0) is 4.79 Å². The second-order valence-corrected chi connectivity index (χ2v) is 5.75. The molecule has 3 amide bonds. The Labute approximate surface area is 125 Å². The van der Waals surface area contributed by atoms with E-state index in [4.69, 9.17) is 0 Å². The van der Waals surface area contributed by atoms with E-state index in [0.717, 1.165) is 13.0 Å². The van der Waals surface area contributed by atoms with Gasteiger partial charge in [-0.15, -0.1) is 0 Å². The summed E-state index contributed by atoms with van der Waals surface area (Å²) in [5, 5.41) is 2.77. The Morgan fingerprint density at radius 1 is 1.29 bits per heavy atom. The molecule has 114 valence electrons. The second kappa shape index (κ2) is 6.61. The summed E-state index contributed by atoms with van der Waals surface area (Å²) in [6, 6.07) is 9.59. The van der Waals surface area contributed by atoms with Crippen molar-refractivity contribution in [3.8, 4) is 0 Å². The Balaban J connectivity index is 1.89. The van der Waals surface area contributed by atoms with Crippen LogP contribution in [0, 0.1) is 0 Å². The van der Waals surface area contributed by atoms with Crippen LogP contribution in [0.1, 0.15) is 24.8 Å². The molecule has 1 heterocycles. The molecule has 21 heavy (non-hydrogen) atoms. The molecule has 1 N–H and O–H groups in total. The molecule has 0 saturated carbocycles. The highest BCUT2D eigenvalue weighted by Crippen LogP contribution is 2.26. The van der Waals surface area contributed by atoms with Crippen LogP contribution in [0.3, 0.4) is 0 Å². The average Bonchev–Trinajstić information content (AvgIpc) is 2.97. The fraction of sp³-hybridized carbons (Fsp3) is 0.500. The summed E-state index contributed by atoms with van der Waals surface area (Å²) in [7, 11) is 3.37. The Morgan fingerprint density at radius 3 is 2.57 bits per heavy atom. The van der Waals surface area contributed by atoms with Gasteiger partial charge in [0.2, 0.25) is 5.91 Å². The molecule has 5 heteroatoms. The molecule has 0 bridgehead atoms. The molecule has 0 spiro atoms. The van der Waals surface area contributed by atoms with Gasteiger partial charge in [0.15, 0.2) is 0 Å². The number of carbonyl (C=O) groups excluding carboxylic acids is 2. The van der Waals surface area contributed by atoms with Crippen molar-refractivity contribution >= 4 is 11.9 Å². The zero-order valence-electron chi connectivity index (χ0n) is 12.9. The fourth-order valence-electron chi connectivity index (χ4n) is 2.67. The number of carbonyl (C=O) groups is 2. The monoisotopic (exact) mass is 289 g/mol.